The molecule has 1 aromatic heterocycles. The zero-order valence-corrected chi connectivity index (χ0v) is 11.5. The molecule has 0 bridgehead atoms. The van der Waals surface area contributed by atoms with Crippen molar-refractivity contribution in [2.45, 2.75) is 24.8 Å². The van der Waals surface area contributed by atoms with Crippen molar-refractivity contribution in [2.75, 3.05) is 18.1 Å². The number of aliphatic hydroxyl groups is 1. The van der Waals surface area contributed by atoms with Gasteiger partial charge in [-0.15, -0.1) is 0 Å². The molecule has 6 nitrogen and oxygen atoms in total. The summed E-state index contributed by atoms with van der Waals surface area (Å²) in [6.45, 7) is 1.02. The molecule has 0 aromatic carbocycles. The Hall–Kier alpha value is -2.00. The van der Waals surface area contributed by atoms with E-state index in [-0.39, 0.29) is 25.3 Å². The summed E-state index contributed by atoms with van der Waals surface area (Å²) in [5.41, 5.74) is -3.21. The molecule has 1 aliphatic rings. The van der Waals surface area contributed by atoms with Gasteiger partial charge in [-0.1, -0.05) is 6.07 Å². The third-order valence-electron chi connectivity index (χ3n) is 3.16. The number of morpholine rings is 1. The van der Waals surface area contributed by atoms with Crippen molar-refractivity contribution >= 4 is 18.0 Å². The lowest BCUT2D eigenvalue weighted by Crippen LogP contribution is -2.58. The van der Waals surface area contributed by atoms with Crippen LogP contribution < -0.4 is 4.90 Å². The van der Waals surface area contributed by atoms with Gasteiger partial charge in [-0.2, -0.15) is 13.2 Å². The van der Waals surface area contributed by atoms with Gasteiger partial charge in [0.15, 0.2) is 18.0 Å². The number of amides is 1. The van der Waals surface area contributed by atoms with Crippen LogP contribution in [0.5, 0.6) is 0 Å². The number of rotatable bonds is 3. The van der Waals surface area contributed by atoms with Crippen LogP contribution in [0.15, 0.2) is 18.2 Å². The molecule has 22 heavy (non-hydrogen) atoms. The highest BCUT2D eigenvalue weighted by molar-refractivity contribution is 5.99. The predicted octanol–water partition coefficient (Wildman–Crippen LogP) is 0.782. The minimum absolute atomic E-state index is 0.0292. The number of aldehydes is 1. The molecule has 0 aliphatic carbocycles. The minimum atomic E-state index is -4.64. The van der Waals surface area contributed by atoms with Gasteiger partial charge in [0.25, 0.3) is 5.91 Å². The Morgan fingerprint density at radius 1 is 1.45 bits per heavy atom. The smallest absolute Gasteiger partial charge is 0.379 e. The third kappa shape index (κ3) is 3.09. The number of ether oxygens (including phenoxy) is 1. The second-order valence-electron chi connectivity index (χ2n) is 4.96. The van der Waals surface area contributed by atoms with Gasteiger partial charge in [-0.05, 0) is 19.1 Å². The first-order valence-electron chi connectivity index (χ1n) is 6.33. The van der Waals surface area contributed by atoms with E-state index in [1.165, 1.54) is 6.07 Å². The van der Waals surface area contributed by atoms with Crippen LogP contribution in [0.1, 0.15) is 12.6 Å². The highest BCUT2D eigenvalue weighted by Gasteiger charge is 2.44. The predicted molar refractivity (Wildman–Crippen MR) is 68.0 cm³/mol. The van der Waals surface area contributed by atoms with Crippen molar-refractivity contribution in [1.82, 2.24) is 4.98 Å². The molecule has 1 N–H and O–H groups in total. The summed E-state index contributed by atoms with van der Waals surface area (Å²) in [6.07, 6.45) is -5.98. The molecule has 2 atom stereocenters. The number of pyridine rings is 1. The summed E-state index contributed by atoms with van der Waals surface area (Å²) in [5, 5.41) is 9.83. The molecule has 0 radical (unpaired) electrons. The Morgan fingerprint density at radius 3 is 2.73 bits per heavy atom. The number of aromatic nitrogens is 1. The second-order valence-corrected chi connectivity index (χ2v) is 4.96. The Bertz CT molecular complexity index is 589. The van der Waals surface area contributed by atoms with Crippen molar-refractivity contribution in [3.63, 3.8) is 0 Å². The highest BCUT2D eigenvalue weighted by Crippen LogP contribution is 2.30. The zero-order chi connectivity index (χ0) is 16.5. The molecule has 1 aliphatic heterocycles. The van der Waals surface area contributed by atoms with Crippen molar-refractivity contribution in [1.29, 1.82) is 0 Å². The maximum absolute atomic E-state index is 12.7. The molecule has 0 unspecified atom stereocenters. The number of carbonyl (C=O) groups is 2. The van der Waals surface area contributed by atoms with Gasteiger partial charge in [-0.3, -0.25) is 9.69 Å². The van der Waals surface area contributed by atoms with E-state index in [4.69, 9.17) is 4.74 Å². The third-order valence-corrected chi connectivity index (χ3v) is 3.16. The van der Waals surface area contributed by atoms with Crippen molar-refractivity contribution in [3.05, 3.63) is 23.9 Å². The topological polar surface area (TPSA) is 79.7 Å². The Balaban J connectivity index is 2.33. The van der Waals surface area contributed by atoms with Crippen molar-refractivity contribution < 1.29 is 32.6 Å². The number of halogens is 3. The normalized spacial score (nSPS) is 22.3. The van der Waals surface area contributed by atoms with E-state index in [0.717, 1.165) is 24.0 Å². The largest absolute Gasteiger partial charge is 0.433 e. The van der Waals surface area contributed by atoms with Crippen LogP contribution in [-0.2, 0) is 20.5 Å². The summed E-state index contributed by atoms with van der Waals surface area (Å²) >= 11 is 0. The maximum Gasteiger partial charge on any atom is 0.433 e. The molecule has 1 aromatic rings. The summed E-state index contributed by atoms with van der Waals surface area (Å²) in [7, 11) is 0. The Labute approximate surface area is 123 Å². The van der Waals surface area contributed by atoms with Crippen LogP contribution >= 0.6 is 0 Å². The molecule has 9 heteroatoms. The molecular weight excluding hydrogens is 305 g/mol. The average molecular weight is 318 g/mol. The molecule has 2 rings (SSSR count). The van der Waals surface area contributed by atoms with Gasteiger partial charge in [0.1, 0.15) is 11.5 Å². The van der Waals surface area contributed by atoms with E-state index < -0.39 is 29.5 Å². The van der Waals surface area contributed by atoms with E-state index in [1.54, 1.807) is 0 Å². The van der Waals surface area contributed by atoms with Crippen molar-refractivity contribution in [2.24, 2.45) is 0 Å². The van der Waals surface area contributed by atoms with Gasteiger partial charge in [0.05, 0.1) is 13.2 Å². The number of alkyl halides is 3. The monoisotopic (exact) mass is 318 g/mol. The molecule has 1 saturated heterocycles. The summed E-state index contributed by atoms with van der Waals surface area (Å²) in [6, 6.07) is 3.15. The average Bonchev–Trinajstić information content (AvgIpc) is 2.46. The Morgan fingerprint density at radius 2 is 2.14 bits per heavy atom. The molecule has 1 fully saturated rings. The van der Waals surface area contributed by atoms with Gasteiger partial charge < -0.3 is 14.6 Å². The number of hydrogen-bond acceptors (Lipinski definition) is 5. The number of nitrogens with zero attached hydrogens (tertiary/aromatic N) is 2. The minimum Gasteiger partial charge on any atom is -0.379 e. The van der Waals surface area contributed by atoms with Crippen LogP contribution in [-0.4, -0.2) is 47.1 Å². The van der Waals surface area contributed by atoms with E-state index in [1.807, 2.05) is 0 Å². The zero-order valence-electron chi connectivity index (χ0n) is 11.5. The van der Waals surface area contributed by atoms with Crippen LogP contribution in [0, 0.1) is 0 Å². The van der Waals surface area contributed by atoms with Crippen LogP contribution in [0.4, 0.5) is 19.0 Å². The first kappa shape index (κ1) is 16.4. The molecular formula is C13H13F3N2O4. The standard InChI is InChI=1S/C13H13F3N2O4/c1-12(21,7-19)10-11(20)18(5-6-22-10)9-4-2-3-8(17-9)13(14,15)16/h2-4,7,10,21H,5-6H2,1H3/t10-,12-/m0/s1. The lowest BCUT2D eigenvalue weighted by Gasteiger charge is -2.36. The van der Waals surface area contributed by atoms with E-state index >= 15 is 0 Å². The first-order valence-corrected chi connectivity index (χ1v) is 6.33. The van der Waals surface area contributed by atoms with E-state index in [9.17, 15) is 27.9 Å². The van der Waals surface area contributed by atoms with Crippen LogP contribution in [0.2, 0.25) is 0 Å². The SMILES string of the molecule is C[C@](O)(C=O)[C@H]1OCCN(c2cccc(C(F)(F)F)n2)C1=O. The molecule has 1 amide bonds. The molecule has 120 valence electrons. The second kappa shape index (κ2) is 5.65. The van der Waals surface area contributed by atoms with E-state index in [0.29, 0.717) is 0 Å². The van der Waals surface area contributed by atoms with E-state index in [2.05, 4.69) is 4.98 Å². The van der Waals surface area contributed by atoms with Gasteiger partial charge in [0.2, 0.25) is 0 Å². The van der Waals surface area contributed by atoms with Crippen LogP contribution in [0.3, 0.4) is 0 Å². The number of carbonyl (C=O) groups excluding carboxylic acids is 2. The molecule has 0 saturated carbocycles. The fourth-order valence-electron chi connectivity index (χ4n) is 2.02. The highest BCUT2D eigenvalue weighted by atomic mass is 19.4. The Kier molecular flexibility index (Phi) is 4.21. The summed E-state index contributed by atoms with van der Waals surface area (Å²) in [5.74, 6) is -1.04. The lowest BCUT2D eigenvalue weighted by atomic mass is 9.98. The fraction of sp³-hybridized carbons (Fsp3) is 0.462. The maximum atomic E-state index is 12.7. The van der Waals surface area contributed by atoms with Gasteiger partial charge in [0, 0.05) is 0 Å². The van der Waals surface area contributed by atoms with Gasteiger partial charge >= 0.3 is 6.18 Å². The number of hydrogen-bond donors (Lipinski definition) is 1. The fourth-order valence-corrected chi connectivity index (χ4v) is 2.02. The summed E-state index contributed by atoms with van der Waals surface area (Å²) < 4.78 is 43.1. The van der Waals surface area contributed by atoms with Crippen molar-refractivity contribution in [3.8, 4) is 0 Å². The number of anilines is 1. The lowest BCUT2D eigenvalue weighted by molar-refractivity contribution is -0.159. The molecule has 2 heterocycles. The first-order chi connectivity index (χ1) is 10.2. The van der Waals surface area contributed by atoms with Gasteiger partial charge in [-0.25, -0.2) is 4.98 Å². The molecule has 0 spiro atoms. The summed E-state index contributed by atoms with van der Waals surface area (Å²) in [4.78, 5) is 27.5. The quantitative estimate of drug-likeness (QED) is 0.833. The van der Waals surface area contributed by atoms with Crippen LogP contribution in [0.25, 0.3) is 0 Å².